The van der Waals surface area contributed by atoms with E-state index in [1.165, 1.54) is 4.90 Å². The summed E-state index contributed by atoms with van der Waals surface area (Å²) in [5.74, 6) is -0.800. The molecule has 1 aliphatic rings. The first-order valence-corrected chi connectivity index (χ1v) is 14.2. The molecule has 0 aromatic heterocycles. The van der Waals surface area contributed by atoms with Gasteiger partial charge in [0, 0.05) is 22.6 Å². The van der Waals surface area contributed by atoms with Crippen LogP contribution in [0.15, 0.2) is 42.5 Å². The van der Waals surface area contributed by atoms with Crippen LogP contribution in [0.4, 0.5) is 5.69 Å². The predicted molar refractivity (Wildman–Crippen MR) is 140 cm³/mol. The highest BCUT2D eigenvalue weighted by molar-refractivity contribution is 7.92. The molecule has 1 N–H and O–H groups in total. The number of nitrogens with zero attached hydrogens (tertiary/aromatic N) is 2. The Hall–Kier alpha value is -2.29. The highest BCUT2D eigenvalue weighted by atomic mass is 35.5. The number of hydrogen-bond donors (Lipinski definition) is 1. The summed E-state index contributed by atoms with van der Waals surface area (Å²) < 4.78 is 26.4. The molecule has 2 aromatic rings. The van der Waals surface area contributed by atoms with E-state index in [2.05, 4.69) is 5.32 Å². The van der Waals surface area contributed by atoms with E-state index in [4.69, 9.17) is 23.2 Å². The molecule has 0 unspecified atom stereocenters. The van der Waals surface area contributed by atoms with Crippen LogP contribution in [-0.4, -0.2) is 50.0 Å². The number of carbonyl (C=O) groups is 2. The Kier molecular flexibility index (Phi) is 9.07. The van der Waals surface area contributed by atoms with Crippen molar-refractivity contribution >= 4 is 50.7 Å². The van der Waals surface area contributed by atoms with Gasteiger partial charge in [0.1, 0.15) is 12.6 Å². The fraction of sp³-hybridized carbons (Fsp3) is 0.440. The number of nitrogens with one attached hydrogen (secondary N) is 1. The van der Waals surface area contributed by atoms with Gasteiger partial charge in [-0.05, 0) is 56.0 Å². The topological polar surface area (TPSA) is 86.8 Å². The fourth-order valence-electron chi connectivity index (χ4n) is 4.25. The molecule has 3 rings (SSSR count). The van der Waals surface area contributed by atoms with E-state index in [0.717, 1.165) is 36.2 Å². The van der Waals surface area contributed by atoms with Crippen LogP contribution in [0.5, 0.6) is 0 Å². The Bertz CT molecular complexity index is 1180. The zero-order chi connectivity index (χ0) is 25.8. The van der Waals surface area contributed by atoms with Crippen LogP contribution < -0.4 is 9.62 Å². The molecule has 190 valence electrons. The molecule has 10 heteroatoms. The van der Waals surface area contributed by atoms with Crippen molar-refractivity contribution < 1.29 is 18.0 Å². The molecule has 1 fully saturated rings. The molecule has 0 saturated heterocycles. The van der Waals surface area contributed by atoms with Gasteiger partial charge in [-0.3, -0.25) is 13.9 Å². The second kappa shape index (κ2) is 11.6. The number of halogens is 2. The van der Waals surface area contributed by atoms with Crippen LogP contribution in [0.3, 0.4) is 0 Å². The Morgan fingerprint density at radius 2 is 1.69 bits per heavy atom. The SMILES string of the molecule is Cc1c(Cl)cccc1N(CC(=O)N(Cc1ccccc1Cl)[C@@H](C)C(=O)NC1CCCC1)S(C)(=O)=O. The molecule has 1 aliphatic carbocycles. The number of anilines is 1. The van der Waals surface area contributed by atoms with Crippen molar-refractivity contribution in [3.63, 3.8) is 0 Å². The summed E-state index contributed by atoms with van der Waals surface area (Å²) in [6.45, 7) is 2.92. The molecule has 0 heterocycles. The number of hydrogen-bond acceptors (Lipinski definition) is 4. The molecule has 0 aliphatic heterocycles. The molecule has 0 radical (unpaired) electrons. The van der Waals surface area contributed by atoms with Crippen molar-refractivity contribution in [1.82, 2.24) is 10.2 Å². The van der Waals surface area contributed by atoms with Gasteiger partial charge < -0.3 is 10.2 Å². The minimum absolute atomic E-state index is 0.0594. The quantitative estimate of drug-likeness (QED) is 0.506. The molecule has 35 heavy (non-hydrogen) atoms. The molecular weight excluding hydrogens is 509 g/mol. The second-order valence-corrected chi connectivity index (χ2v) is 11.7. The number of rotatable bonds is 9. The second-order valence-electron chi connectivity index (χ2n) is 8.93. The highest BCUT2D eigenvalue weighted by Crippen LogP contribution is 2.29. The van der Waals surface area contributed by atoms with Gasteiger partial charge >= 0.3 is 0 Å². The van der Waals surface area contributed by atoms with Crippen molar-refractivity contribution in [3.8, 4) is 0 Å². The van der Waals surface area contributed by atoms with Gasteiger partial charge in [0.25, 0.3) is 0 Å². The Balaban J connectivity index is 1.92. The Morgan fingerprint density at radius 3 is 2.31 bits per heavy atom. The first-order chi connectivity index (χ1) is 16.5. The lowest BCUT2D eigenvalue weighted by molar-refractivity contribution is -0.139. The van der Waals surface area contributed by atoms with Gasteiger partial charge in [0.05, 0.1) is 11.9 Å². The number of amides is 2. The van der Waals surface area contributed by atoms with Crippen LogP contribution >= 0.6 is 23.2 Å². The maximum atomic E-state index is 13.6. The third kappa shape index (κ3) is 6.90. The molecule has 1 saturated carbocycles. The molecule has 2 amide bonds. The molecule has 7 nitrogen and oxygen atoms in total. The fourth-order valence-corrected chi connectivity index (χ4v) is 5.51. The van der Waals surface area contributed by atoms with Crippen molar-refractivity contribution in [1.29, 1.82) is 0 Å². The maximum Gasteiger partial charge on any atom is 0.244 e. The van der Waals surface area contributed by atoms with Gasteiger partial charge in [0.15, 0.2) is 0 Å². The van der Waals surface area contributed by atoms with E-state index in [0.29, 0.717) is 26.9 Å². The zero-order valence-electron chi connectivity index (χ0n) is 20.1. The van der Waals surface area contributed by atoms with Gasteiger partial charge in [-0.1, -0.05) is 60.3 Å². The summed E-state index contributed by atoms with van der Waals surface area (Å²) in [4.78, 5) is 28.1. The van der Waals surface area contributed by atoms with Crippen LogP contribution in [0.25, 0.3) is 0 Å². The number of carbonyl (C=O) groups excluding carboxylic acids is 2. The number of sulfonamides is 1. The first-order valence-electron chi connectivity index (χ1n) is 11.5. The average Bonchev–Trinajstić information content (AvgIpc) is 3.30. The van der Waals surface area contributed by atoms with E-state index in [-0.39, 0.29) is 18.5 Å². The predicted octanol–water partition coefficient (Wildman–Crippen LogP) is 4.54. The van der Waals surface area contributed by atoms with Gasteiger partial charge in [-0.25, -0.2) is 8.42 Å². The largest absolute Gasteiger partial charge is 0.352 e. The normalized spacial score (nSPS) is 15.0. The molecule has 2 aromatic carbocycles. The molecule has 0 spiro atoms. The summed E-state index contributed by atoms with van der Waals surface area (Å²) in [6, 6.07) is 11.2. The van der Waals surface area contributed by atoms with E-state index < -0.39 is 28.5 Å². The smallest absolute Gasteiger partial charge is 0.244 e. The van der Waals surface area contributed by atoms with Gasteiger partial charge in [-0.2, -0.15) is 0 Å². The lowest BCUT2D eigenvalue weighted by atomic mass is 10.1. The summed E-state index contributed by atoms with van der Waals surface area (Å²) in [6.07, 6.45) is 4.97. The maximum absolute atomic E-state index is 13.6. The monoisotopic (exact) mass is 539 g/mol. The molecular formula is C25H31Cl2N3O4S. The van der Waals surface area contributed by atoms with Gasteiger partial charge in [-0.15, -0.1) is 0 Å². The number of benzene rings is 2. The van der Waals surface area contributed by atoms with E-state index in [1.54, 1.807) is 56.3 Å². The first kappa shape index (κ1) is 27.3. The van der Waals surface area contributed by atoms with Crippen molar-refractivity contribution in [2.24, 2.45) is 0 Å². The Labute approximate surface area is 217 Å². The molecule has 0 bridgehead atoms. The average molecular weight is 541 g/mol. The van der Waals surface area contributed by atoms with Crippen LogP contribution in [-0.2, 0) is 26.2 Å². The van der Waals surface area contributed by atoms with E-state index in [9.17, 15) is 18.0 Å². The van der Waals surface area contributed by atoms with E-state index >= 15 is 0 Å². The van der Waals surface area contributed by atoms with Crippen LogP contribution in [0.2, 0.25) is 10.0 Å². The standard InChI is InChI=1S/C25H31Cl2N3O4S/c1-17-21(26)13-8-14-23(17)30(35(3,33)34)16-24(31)29(15-19-9-4-7-12-22(19)27)18(2)25(32)28-20-10-5-6-11-20/h4,7-9,12-14,18,20H,5-6,10-11,15-16H2,1-3H3,(H,28,32)/t18-/m0/s1. The zero-order valence-corrected chi connectivity index (χ0v) is 22.5. The third-order valence-electron chi connectivity index (χ3n) is 6.35. The summed E-state index contributed by atoms with van der Waals surface area (Å²) in [5, 5.41) is 3.88. The summed E-state index contributed by atoms with van der Waals surface area (Å²) in [5.41, 5.74) is 1.51. The summed E-state index contributed by atoms with van der Waals surface area (Å²) >= 11 is 12.6. The van der Waals surface area contributed by atoms with Crippen molar-refractivity contribution in [2.75, 3.05) is 17.1 Å². The minimum atomic E-state index is -3.83. The van der Waals surface area contributed by atoms with E-state index in [1.807, 2.05) is 0 Å². The van der Waals surface area contributed by atoms with Crippen LogP contribution in [0, 0.1) is 6.92 Å². The van der Waals surface area contributed by atoms with Crippen molar-refractivity contribution in [3.05, 3.63) is 63.6 Å². The third-order valence-corrected chi connectivity index (χ3v) is 8.26. The van der Waals surface area contributed by atoms with Crippen LogP contribution in [0.1, 0.15) is 43.7 Å². The lowest BCUT2D eigenvalue weighted by Crippen LogP contribution is -2.52. The minimum Gasteiger partial charge on any atom is -0.352 e. The lowest BCUT2D eigenvalue weighted by Gasteiger charge is -2.32. The summed E-state index contributed by atoms with van der Waals surface area (Å²) in [7, 11) is -3.83. The van der Waals surface area contributed by atoms with Crippen molar-refractivity contribution in [2.45, 2.75) is 58.2 Å². The Morgan fingerprint density at radius 1 is 1.06 bits per heavy atom. The van der Waals surface area contributed by atoms with Gasteiger partial charge in [0.2, 0.25) is 21.8 Å². The molecule has 1 atom stereocenters. The highest BCUT2D eigenvalue weighted by Gasteiger charge is 2.32.